The summed E-state index contributed by atoms with van der Waals surface area (Å²) in [5.74, 6) is 0. The average molecular weight is 287 g/mol. The lowest BCUT2D eigenvalue weighted by Crippen LogP contribution is -2.37. The van der Waals surface area contributed by atoms with Gasteiger partial charge in [0.2, 0.25) is 0 Å². The molecule has 0 unspecified atom stereocenters. The number of urea groups is 1. The maximum atomic E-state index is 12.1. The van der Waals surface area contributed by atoms with Crippen LogP contribution in [0.15, 0.2) is 24.4 Å². The van der Waals surface area contributed by atoms with Gasteiger partial charge in [-0.25, -0.2) is 4.79 Å². The van der Waals surface area contributed by atoms with Crippen LogP contribution in [0.3, 0.4) is 0 Å². The molecule has 21 heavy (non-hydrogen) atoms. The van der Waals surface area contributed by atoms with Crippen LogP contribution in [0.25, 0.3) is 0 Å². The van der Waals surface area contributed by atoms with Gasteiger partial charge in [-0.1, -0.05) is 23.4 Å². The van der Waals surface area contributed by atoms with Gasteiger partial charge in [0.15, 0.2) is 0 Å². The Morgan fingerprint density at radius 1 is 1.33 bits per heavy atom. The van der Waals surface area contributed by atoms with E-state index in [-0.39, 0.29) is 6.03 Å². The van der Waals surface area contributed by atoms with Crippen LogP contribution >= 0.6 is 0 Å². The van der Waals surface area contributed by atoms with Gasteiger partial charge in [-0.15, -0.1) is 5.10 Å². The van der Waals surface area contributed by atoms with Crippen LogP contribution in [0.2, 0.25) is 0 Å². The molecule has 2 amide bonds. The number of aryl methyl sites for hydroxylation is 3. The normalized spacial score (nSPS) is 10.5. The van der Waals surface area contributed by atoms with Crippen LogP contribution in [-0.2, 0) is 20.1 Å². The molecule has 0 aliphatic carbocycles. The topological polar surface area (TPSA) is 63.1 Å². The number of hydrogen-bond donors (Lipinski definition) is 1. The van der Waals surface area contributed by atoms with E-state index in [0.717, 1.165) is 5.69 Å². The second-order valence-electron chi connectivity index (χ2n) is 5.23. The Morgan fingerprint density at radius 3 is 2.57 bits per heavy atom. The third-order valence-corrected chi connectivity index (χ3v) is 3.62. The molecule has 0 aliphatic heterocycles. The zero-order valence-corrected chi connectivity index (χ0v) is 12.9. The summed E-state index contributed by atoms with van der Waals surface area (Å²) in [6.07, 6.45) is 1.64. The van der Waals surface area contributed by atoms with E-state index in [1.54, 1.807) is 29.9 Å². The third-order valence-electron chi connectivity index (χ3n) is 3.62. The Labute approximate surface area is 124 Å². The van der Waals surface area contributed by atoms with Gasteiger partial charge >= 0.3 is 6.03 Å². The van der Waals surface area contributed by atoms with Crippen molar-refractivity contribution in [3.8, 4) is 0 Å². The highest BCUT2D eigenvalue weighted by molar-refractivity contribution is 5.73. The fourth-order valence-electron chi connectivity index (χ4n) is 2.18. The first-order valence-corrected chi connectivity index (χ1v) is 6.86. The summed E-state index contributed by atoms with van der Waals surface area (Å²) in [6, 6.07) is 6.05. The molecule has 1 N–H and O–H groups in total. The molecule has 0 saturated carbocycles. The van der Waals surface area contributed by atoms with Gasteiger partial charge in [0.1, 0.15) is 0 Å². The lowest BCUT2D eigenvalue weighted by atomic mass is 10.0. The fourth-order valence-corrected chi connectivity index (χ4v) is 2.18. The van der Waals surface area contributed by atoms with Crippen LogP contribution in [0, 0.1) is 13.8 Å². The molecule has 6 heteroatoms. The number of nitrogens with one attached hydrogen (secondary N) is 1. The number of rotatable bonds is 4. The second kappa shape index (κ2) is 6.39. The van der Waals surface area contributed by atoms with Gasteiger partial charge in [0.05, 0.1) is 18.4 Å². The average Bonchev–Trinajstić information content (AvgIpc) is 2.85. The highest BCUT2D eigenvalue weighted by atomic mass is 16.2. The van der Waals surface area contributed by atoms with E-state index in [4.69, 9.17) is 0 Å². The van der Waals surface area contributed by atoms with Crippen LogP contribution in [-0.4, -0.2) is 33.0 Å². The molecule has 1 aromatic heterocycles. The van der Waals surface area contributed by atoms with Crippen molar-refractivity contribution >= 4 is 6.03 Å². The summed E-state index contributed by atoms with van der Waals surface area (Å²) >= 11 is 0. The molecule has 0 radical (unpaired) electrons. The summed E-state index contributed by atoms with van der Waals surface area (Å²) in [5.41, 5.74) is 4.46. The molecule has 2 rings (SSSR count). The van der Waals surface area contributed by atoms with Gasteiger partial charge in [0.25, 0.3) is 0 Å². The van der Waals surface area contributed by atoms with E-state index in [1.165, 1.54) is 16.7 Å². The van der Waals surface area contributed by atoms with Gasteiger partial charge in [-0.05, 0) is 30.5 Å². The summed E-state index contributed by atoms with van der Waals surface area (Å²) in [5, 5.41) is 10.5. The number of carbonyl (C=O) groups is 1. The molecule has 0 fully saturated rings. The lowest BCUT2D eigenvalue weighted by molar-refractivity contribution is 0.206. The quantitative estimate of drug-likeness (QED) is 0.932. The van der Waals surface area contributed by atoms with E-state index >= 15 is 0 Å². The maximum absolute atomic E-state index is 12.1. The molecule has 1 aromatic carbocycles. The van der Waals surface area contributed by atoms with Crippen molar-refractivity contribution in [1.29, 1.82) is 0 Å². The molecule has 1 heterocycles. The first kappa shape index (κ1) is 15.0. The van der Waals surface area contributed by atoms with Crippen molar-refractivity contribution in [2.45, 2.75) is 26.9 Å². The van der Waals surface area contributed by atoms with Crippen molar-refractivity contribution in [1.82, 2.24) is 25.2 Å². The minimum absolute atomic E-state index is 0.112. The van der Waals surface area contributed by atoms with Gasteiger partial charge in [0, 0.05) is 20.6 Å². The number of benzene rings is 1. The monoisotopic (exact) mass is 287 g/mol. The number of nitrogens with zero attached hydrogens (tertiary/aromatic N) is 4. The number of carbonyl (C=O) groups excluding carboxylic acids is 1. The molecule has 0 saturated heterocycles. The van der Waals surface area contributed by atoms with Crippen molar-refractivity contribution in [3.63, 3.8) is 0 Å². The lowest BCUT2D eigenvalue weighted by Gasteiger charge is -2.20. The SMILES string of the molecule is Cc1cccc(C)c1CN(C)C(=O)NCc1cnnn1C. The van der Waals surface area contributed by atoms with Crippen molar-refractivity contribution in [3.05, 3.63) is 46.8 Å². The second-order valence-corrected chi connectivity index (χ2v) is 5.23. The van der Waals surface area contributed by atoms with Crippen LogP contribution < -0.4 is 5.32 Å². The standard InChI is InChI=1S/C15H21N5O/c1-11-6-5-7-12(2)14(11)10-19(3)15(21)16-8-13-9-17-18-20(13)4/h5-7,9H,8,10H2,1-4H3,(H,16,21). The largest absolute Gasteiger partial charge is 0.332 e. The van der Waals surface area contributed by atoms with E-state index in [2.05, 4.69) is 41.6 Å². The van der Waals surface area contributed by atoms with E-state index < -0.39 is 0 Å². The molecular weight excluding hydrogens is 266 g/mol. The van der Waals surface area contributed by atoms with Crippen LogP contribution in [0.1, 0.15) is 22.4 Å². The summed E-state index contributed by atoms with van der Waals surface area (Å²) in [4.78, 5) is 13.8. The molecular formula is C15H21N5O. The first-order valence-electron chi connectivity index (χ1n) is 6.86. The van der Waals surface area contributed by atoms with Crippen molar-refractivity contribution in [2.75, 3.05) is 7.05 Å². The van der Waals surface area contributed by atoms with Crippen LogP contribution in [0.4, 0.5) is 4.79 Å². The zero-order chi connectivity index (χ0) is 15.4. The minimum Gasteiger partial charge on any atom is -0.332 e. The number of hydrogen-bond acceptors (Lipinski definition) is 3. The predicted octanol–water partition coefficient (Wildman–Crippen LogP) is 1.77. The molecule has 0 aliphatic rings. The Hall–Kier alpha value is -2.37. The molecule has 112 valence electrons. The third kappa shape index (κ3) is 3.59. The highest BCUT2D eigenvalue weighted by Crippen LogP contribution is 2.15. The summed E-state index contributed by atoms with van der Waals surface area (Å²) in [6.45, 7) is 5.14. The van der Waals surface area contributed by atoms with E-state index in [0.29, 0.717) is 13.1 Å². The summed E-state index contributed by atoms with van der Waals surface area (Å²) < 4.78 is 1.64. The Morgan fingerprint density at radius 2 is 2.00 bits per heavy atom. The Bertz CT molecular complexity index is 614. The molecule has 2 aromatic rings. The summed E-state index contributed by atoms with van der Waals surface area (Å²) in [7, 11) is 3.59. The van der Waals surface area contributed by atoms with Gasteiger partial charge in [-0.3, -0.25) is 4.68 Å². The van der Waals surface area contributed by atoms with Crippen molar-refractivity contribution < 1.29 is 4.79 Å². The zero-order valence-electron chi connectivity index (χ0n) is 12.9. The van der Waals surface area contributed by atoms with E-state index in [9.17, 15) is 4.79 Å². The molecule has 6 nitrogen and oxygen atoms in total. The Balaban J connectivity index is 1.95. The van der Waals surface area contributed by atoms with E-state index in [1.807, 2.05) is 6.07 Å². The smallest absolute Gasteiger partial charge is 0.317 e. The Kier molecular flexibility index (Phi) is 4.57. The fraction of sp³-hybridized carbons (Fsp3) is 0.400. The van der Waals surface area contributed by atoms with Gasteiger partial charge in [-0.2, -0.15) is 0 Å². The highest BCUT2D eigenvalue weighted by Gasteiger charge is 2.12. The maximum Gasteiger partial charge on any atom is 0.317 e. The minimum atomic E-state index is -0.112. The number of amides is 2. The molecule has 0 atom stereocenters. The number of aromatic nitrogens is 3. The van der Waals surface area contributed by atoms with Gasteiger partial charge < -0.3 is 10.2 Å². The molecule has 0 bridgehead atoms. The van der Waals surface area contributed by atoms with Crippen molar-refractivity contribution in [2.24, 2.45) is 7.05 Å². The first-order chi connectivity index (χ1) is 9.99. The van der Waals surface area contributed by atoms with Crippen LogP contribution in [0.5, 0.6) is 0 Å². The molecule has 0 spiro atoms. The predicted molar refractivity (Wildman–Crippen MR) is 80.6 cm³/mol.